The number of amidine groups is 1. The number of ether oxygens (including phenoxy) is 1. The first-order chi connectivity index (χ1) is 16.1. The van der Waals surface area contributed by atoms with Crippen LogP contribution in [0.1, 0.15) is 31.0 Å². The summed E-state index contributed by atoms with van der Waals surface area (Å²) in [4.78, 5) is 22.4. The number of rotatable bonds is 6. The molecule has 184 valence electrons. The molecule has 0 radical (unpaired) electrons. The van der Waals surface area contributed by atoms with E-state index in [9.17, 15) is 22.4 Å². The molecule has 3 fully saturated rings. The molecule has 0 spiro atoms. The molecule has 1 aromatic heterocycles. The molecule has 2 N–H and O–H groups in total. The third-order valence-corrected chi connectivity index (χ3v) is 6.98. The molecule has 2 atom stereocenters. The van der Waals surface area contributed by atoms with Gasteiger partial charge >= 0.3 is 6.09 Å². The minimum Gasteiger partial charge on any atom is -0.435 e. The zero-order valence-corrected chi connectivity index (χ0v) is 19.7. The number of hydrogen-bond acceptors (Lipinski definition) is 6. The van der Waals surface area contributed by atoms with E-state index in [-0.39, 0.29) is 22.7 Å². The number of carbonyl (C=O) groups excluding carboxylic acids is 1. The Bertz CT molecular complexity index is 1050. The van der Waals surface area contributed by atoms with Crippen molar-refractivity contribution in [2.45, 2.75) is 43.4 Å². The number of halogens is 4. The molecule has 7 nitrogen and oxygen atoms in total. The third kappa shape index (κ3) is 4.55. The van der Waals surface area contributed by atoms with Gasteiger partial charge < -0.3 is 15.0 Å². The molecule has 1 aromatic rings. The lowest BCUT2D eigenvalue weighted by molar-refractivity contribution is 0.00249. The highest BCUT2D eigenvalue weighted by atomic mass is 31.0. The second kappa shape index (κ2) is 9.26. The van der Waals surface area contributed by atoms with Crippen molar-refractivity contribution in [2.75, 3.05) is 31.1 Å². The van der Waals surface area contributed by atoms with Gasteiger partial charge in [-0.15, -0.1) is 0 Å². The van der Waals surface area contributed by atoms with Crippen molar-refractivity contribution in [3.63, 3.8) is 0 Å². The van der Waals surface area contributed by atoms with E-state index < -0.39 is 29.7 Å². The second-order valence-electron chi connectivity index (χ2n) is 8.53. The van der Waals surface area contributed by atoms with Crippen molar-refractivity contribution in [1.82, 2.24) is 15.6 Å². The van der Waals surface area contributed by atoms with Gasteiger partial charge in [0, 0.05) is 38.0 Å². The smallest absolute Gasteiger partial charge is 0.413 e. The standard InChI is InChI=1S/C22H26F4N5O2P/c1-3-28-19-16(17(18(23)24)33-20(32)30-19)12(2)14-10-13(21(4-5-21)22(25,26)34)11-15(29-14)31-8-6-27-7-9-31/h3,10-11,17-18,27H,1,4-9,34H2,2H3,(H,28,30,32)/b16-12+. The van der Waals surface area contributed by atoms with Gasteiger partial charge in [0.1, 0.15) is 11.7 Å². The van der Waals surface area contributed by atoms with E-state index in [2.05, 4.69) is 27.2 Å². The van der Waals surface area contributed by atoms with E-state index in [4.69, 9.17) is 4.74 Å². The maximum atomic E-state index is 14.6. The summed E-state index contributed by atoms with van der Waals surface area (Å²) in [7, 11) is 1.63. The normalized spacial score (nSPS) is 25.1. The quantitative estimate of drug-likeness (QED) is 0.461. The summed E-state index contributed by atoms with van der Waals surface area (Å²) < 4.78 is 61.8. The van der Waals surface area contributed by atoms with Crippen LogP contribution in [0.15, 0.2) is 35.5 Å². The monoisotopic (exact) mass is 499 g/mol. The van der Waals surface area contributed by atoms with Crippen LogP contribution in [0.4, 0.5) is 28.2 Å². The Labute approximate surface area is 196 Å². The van der Waals surface area contributed by atoms with E-state index >= 15 is 0 Å². The van der Waals surface area contributed by atoms with E-state index in [1.165, 1.54) is 13.0 Å². The van der Waals surface area contributed by atoms with Gasteiger partial charge in [0.25, 0.3) is 12.1 Å². The number of cyclic esters (lactones) is 1. The van der Waals surface area contributed by atoms with Crippen LogP contribution < -0.4 is 15.5 Å². The van der Waals surface area contributed by atoms with Crippen molar-refractivity contribution in [2.24, 2.45) is 4.99 Å². The van der Waals surface area contributed by atoms with E-state index in [1.807, 2.05) is 4.90 Å². The first kappa shape index (κ1) is 24.6. The zero-order valence-electron chi connectivity index (χ0n) is 18.6. The molecule has 3 heterocycles. The first-order valence-corrected chi connectivity index (χ1v) is 11.5. The Morgan fingerprint density at radius 3 is 2.62 bits per heavy atom. The van der Waals surface area contributed by atoms with Crippen molar-refractivity contribution in [3.8, 4) is 0 Å². The van der Waals surface area contributed by atoms with Crippen LogP contribution in [0.3, 0.4) is 0 Å². The Morgan fingerprint density at radius 2 is 2.06 bits per heavy atom. The Balaban J connectivity index is 1.90. The molecule has 1 aliphatic carbocycles. The highest BCUT2D eigenvalue weighted by molar-refractivity contribution is 7.18. The number of alkyl carbamates (subject to hydrolysis) is 1. The van der Waals surface area contributed by atoms with Gasteiger partial charge in [-0.1, -0.05) is 15.8 Å². The van der Waals surface area contributed by atoms with Gasteiger partial charge in [-0.2, -0.15) is 0 Å². The number of hydrogen-bond donors (Lipinski definition) is 2. The first-order valence-electron chi connectivity index (χ1n) is 10.9. The van der Waals surface area contributed by atoms with E-state index in [0.717, 1.165) is 6.20 Å². The summed E-state index contributed by atoms with van der Waals surface area (Å²) >= 11 is 0. The summed E-state index contributed by atoms with van der Waals surface area (Å²) in [6.45, 7) is 7.66. The Morgan fingerprint density at radius 1 is 1.38 bits per heavy atom. The zero-order chi connectivity index (χ0) is 24.7. The number of nitrogens with one attached hydrogen (secondary N) is 2. The molecular weight excluding hydrogens is 473 g/mol. The number of carbonyl (C=O) groups is 1. The van der Waals surface area contributed by atoms with Crippen molar-refractivity contribution in [1.29, 1.82) is 0 Å². The number of anilines is 1. The largest absolute Gasteiger partial charge is 0.435 e. The molecule has 34 heavy (non-hydrogen) atoms. The van der Waals surface area contributed by atoms with Crippen molar-refractivity contribution >= 4 is 32.6 Å². The van der Waals surface area contributed by atoms with Gasteiger partial charge in [0.15, 0.2) is 6.10 Å². The lowest BCUT2D eigenvalue weighted by Gasteiger charge is -2.32. The summed E-state index contributed by atoms with van der Waals surface area (Å²) in [5, 5.41) is 5.55. The van der Waals surface area contributed by atoms with Crippen LogP contribution in [0, 0.1) is 0 Å². The number of aliphatic imine (C=N–C) groups is 1. The van der Waals surface area contributed by atoms with Gasteiger partial charge in [-0.3, -0.25) is 5.32 Å². The van der Waals surface area contributed by atoms with Crippen molar-refractivity contribution in [3.05, 3.63) is 41.7 Å². The van der Waals surface area contributed by atoms with Crippen LogP contribution in [0.25, 0.3) is 5.57 Å². The number of piperazine rings is 1. The van der Waals surface area contributed by atoms with Gasteiger partial charge in [-0.25, -0.2) is 32.3 Å². The second-order valence-corrected chi connectivity index (χ2v) is 9.25. The maximum Gasteiger partial charge on any atom is 0.413 e. The summed E-state index contributed by atoms with van der Waals surface area (Å²) in [6, 6.07) is 3.18. The number of alkyl halides is 4. The average Bonchev–Trinajstić information content (AvgIpc) is 3.61. The molecule has 1 saturated carbocycles. The summed E-state index contributed by atoms with van der Waals surface area (Å²) in [6.07, 6.45) is -4.28. The predicted molar refractivity (Wildman–Crippen MR) is 125 cm³/mol. The van der Waals surface area contributed by atoms with E-state index in [1.54, 1.807) is 15.3 Å². The maximum absolute atomic E-state index is 14.6. The van der Waals surface area contributed by atoms with E-state index in [0.29, 0.717) is 50.4 Å². The van der Waals surface area contributed by atoms with Crippen LogP contribution in [-0.4, -0.2) is 61.3 Å². The Kier molecular flexibility index (Phi) is 6.70. The molecule has 4 rings (SSSR count). The predicted octanol–water partition coefficient (Wildman–Crippen LogP) is 3.68. The van der Waals surface area contributed by atoms with Gasteiger partial charge in [0.05, 0.1) is 11.1 Å². The highest BCUT2D eigenvalue weighted by Crippen LogP contribution is 2.61. The van der Waals surface area contributed by atoms with Crippen LogP contribution in [0.2, 0.25) is 0 Å². The topological polar surface area (TPSA) is 78.8 Å². The number of aromatic nitrogens is 1. The minimum absolute atomic E-state index is 0.0760. The number of allylic oxidation sites excluding steroid dienone is 1. The molecule has 0 bridgehead atoms. The average molecular weight is 499 g/mol. The number of nitrogens with zero attached hydrogens (tertiary/aromatic N) is 3. The molecule has 1 amide bonds. The van der Waals surface area contributed by atoms with Crippen LogP contribution in [-0.2, 0) is 10.2 Å². The van der Waals surface area contributed by atoms with Gasteiger partial charge in [-0.05, 0) is 43.0 Å². The summed E-state index contributed by atoms with van der Waals surface area (Å²) in [5.41, 5.74) is -3.61. The van der Waals surface area contributed by atoms with Crippen LogP contribution in [0.5, 0.6) is 0 Å². The molecule has 2 aliphatic heterocycles. The molecular formula is C22H26F4N5O2P. The summed E-state index contributed by atoms with van der Waals surface area (Å²) in [5.74, 6) is 0.355. The fourth-order valence-corrected chi connectivity index (χ4v) is 4.84. The SMILES string of the molecule is C=CN=C1NC(=O)OC(C(F)F)/C1=C(/C)c1cc(C2(C(F)(F)P)CC2)cc(N2CCNCC2)n1. The molecule has 12 heteroatoms. The number of amides is 1. The molecule has 2 unspecified atom stereocenters. The minimum atomic E-state index is -3.05. The molecule has 0 aromatic carbocycles. The van der Waals surface area contributed by atoms with Crippen molar-refractivity contribution < 1.29 is 27.1 Å². The lowest BCUT2D eigenvalue weighted by Crippen LogP contribution is -2.47. The molecule has 2 saturated heterocycles. The number of pyridine rings is 1. The third-order valence-electron chi connectivity index (χ3n) is 6.43. The van der Waals surface area contributed by atoms with Crippen LogP contribution >= 0.6 is 9.24 Å². The fourth-order valence-electron chi connectivity index (χ4n) is 4.38. The lowest BCUT2D eigenvalue weighted by atomic mass is 9.92. The fraction of sp³-hybridized carbons (Fsp3) is 0.500. The highest BCUT2D eigenvalue weighted by Gasteiger charge is 2.60. The molecule has 3 aliphatic rings. The Hall–Kier alpha value is -2.52. The van der Waals surface area contributed by atoms with Gasteiger partial charge in [0.2, 0.25) is 0 Å².